The number of hydrogen-bond donors (Lipinski definition) is 0. The SMILES string of the molecule is ClCC(CCOCc1ccccc1)N(Cc1ccccc1)Cc1ccccc1. The summed E-state index contributed by atoms with van der Waals surface area (Å²) in [6, 6.07) is 31.7. The van der Waals surface area contributed by atoms with Crippen LogP contribution >= 0.6 is 11.6 Å². The van der Waals surface area contributed by atoms with Crippen LogP contribution in [0.2, 0.25) is 0 Å². The van der Waals surface area contributed by atoms with Crippen molar-refractivity contribution in [2.45, 2.75) is 32.2 Å². The first kappa shape index (κ1) is 20.6. The van der Waals surface area contributed by atoms with Gasteiger partial charge in [0.05, 0.1) is 6.61 Å². The zero-order chi connectivity index (χ0) is 19.4. The third-order valence-corrected chi connectivity index (χ3v) is 5.21. The van der Waals surface area contributed by atoms with Gasteiger partial charge < -0.3 is 4.74 Å². The lowest BCUT2D eigenvalue weighted by atomic mass is 10.1. The van der Waals surface area contributed by atoms with Crippen LogP contribution in [0.15, 0.2) is 91.0 Å². The van der Waals surface area contributed by atoms with Gasteiger partial charge in [0.1, 0.15) is 0 Å². The standard InChI is InChI=1S/C25H28ClNO/c26-18-25(16-17-28-21-24-14-8-3-9-15-24)27(19-22-10-4-1-5-11-22)20-23-12-6-2-7-13-23/h1-15,25H,16-21H2. The second kappa shape index (κ2) is 11.7. The molecule has 0 fully saturated rings. The molecule has 0 radical (unpaired) electrons. The van der Waals surface area contributed by atoms with Crippen molar-refractivity contribution in [1.82, 2.24) is 4.90 Å². The van der Waals surface area contributed by atoms with Gasteiger partial charge in [-0.25, -0.2) is 0 Å². The van der Waals surface area contributed by atoms with E-state index in [4.69, 9.17) is 16.3 Å². The van der Waals surface area contributed by atoms with Crippen molar-refractivity contribution in [3.63, 3.8) is 0 Å². The highest BCUT2D eigenvalue weighted by Gasteiger charge is 2.18. The summed E-state index contributed by atoms with van der Waals surface area (Å²) in [6.07, 6.45) is 0.913. The summed E-state index contributed by atoms with van der Waals surface area (Å²) in [5.74, 6) is 0.592. The maximum Gasteiger partial charge on any atom is 0.0716 e. The summed E-state index contributed by atoms with van der Waals surface area (Å²) in [5.41, 5.74) is 3.81. The summed E-state index contributed by atoms with van der Waals surface area (Å²) >= 11 is 6.39. The van der Waals surface area contributed by atoms with Gasteiger partial charge in [-0.2, -0.15) is 0 Å². The van der Waals surface area contributed by atoms with Gasteiger partial charge in [0.15, 0.2) is 0 Å². The molecule has 0 saturated heterocycles. The van der Waals surface area contributed by atoms with Crippen LogP contribution in [0, 0.1) is 0 Å². The average Bonchev–Trinajstić information content (AvgIpc) is 2.76. The lowest BCUT2D eigenvalue weighted by Crippen LogP contribution is -2.36. The zero-order valence-corrected chi connectivity index (χ0v) is 17.0. The number of alkyl halides is 1. The van der Waals surface area contributed by atoms with Crippen LogP contribution in [0.3, 0.4) is 0 Å². The number of nitrogens with zero attached hydrogens (tertiary/aromatic N) is 1. The molecule has 0 aliphatic heterocycles. The average molecular weight is 394 g/mol. The van der Waals surface area contributed by atoms with E-state index in [2.05, 4.69) is 77.7 Å². The summed E-state index contributed by atoms with van der Waals surface area (Å²) < 4.78 is 5.92. The van der Waals surface area contributed by atoms with Crippen molar-refractivity contribution < 1.29 is 4.74 Å². The lowest BCUT2D eigenvalue weighted by Gasteiger charge is -2.31. The fourth-order valence-corrected chi connectivity index (χ4v) is 3.64. The van der Waals surface area contributed by atoms with E-state index in [0.29, 0.717) is 19.1 Å². The molecular formula is C25H28ClNO. The summed E-state index contributed by atoms with van der Waals surface area (Å²) in [4.78, 5) is 2.46. The Bertz CT molecular complexity index is 738. The monoisotopic (exact) mass is 393 g/mol. The number of hydrogen-bond acceptors (Lipinski definition) is 2. The lowest BCUT2D eigenvalue weighted by molar-refractivity contribution is 0.0874. The molecule has 0 aliphatic rings. The maximum absolute atomic E-state index is 6.39. The zero-order valence-electron chi connectivity index (χ0n) is 16.2. The fraction of sp³-hybridized carbons (Fsp3) is 0.280. The topological polar surface area (TPSA) is 12.5 Å². The van der Waals surface area contributed by atoms with Crippen molar-refractivity contribution in [3.8, 4) is 0 Å². The first-order valence-corrected chi connectivity index (χ1v) is 10.4. The normalized spacial score (nSPS) is 12.2. The van der Waals surface area contributed by atoms with Crippen LogP contribution in [0.25, 0.3) is 0 Å². The molecule has 0 saturated carbocycles. The van der Waals surface area contributed by atoms with E-state index in [-0.39, 0.29) is 6.04 Å². The molecule has 1 unspecified atom stereocenters. The van der Waals surface area contributed by atoms with E-state index in [1.807, 2.05) is 18.2 Å². The van der Waals surface area contributed by atoms with Crippen LogP contribution in [0.5, 0.6) is 0 Å². The molecule has 146 valence electrons. The third kappa shape index (κ3) is 6.79. The second-order valence-corrected chi connectivity index (χ2v) is 7.32. The Kier molecular flexibility index (Phi) is 8.57. The van der Waals surface area contributed by atoms with Crippen molar-refractivity contribution >= 4 is 11.6 Å². The molecule has 0 aliphatic carbocycles. The van der Waals surface area contributed by atoms with Crippen molar-refractivity contribution in [3.05, 3.63) is 108 Å². The summed E-state index contributed by atoms with van der Waals surface area (Å²) in [7, 11) is 0. The minimum atomic E-state index is 0.262. The van der Waals surface area contributed by atoms with E-state index in [1.165, 1.54) is 16.7 Å². The van der Waals surface area contributed by atoms with Gasteiger partial charge in [-0.1, -0.05) is 91.0 Å². The third-order valence-electron chi connectivity index (χ3n) is 4.86. The Morgan fingerprint density at radius 3 is 1.61 bits per heavy atom. The largest absolute Gasteiger partial charge is 0.377 e. The van der Waals surface area contributed by atoms with Crippen LogP contribution in [0.1, 0.15) is 23.1 Å². The fourth-order valence-electron chi connectivity index (χ4n) is 3.29. The molecule has 0 N–H and O–H groups in total. The van der Waals surface area contributed by atoms with E-state index in [9.17, 15) is 0 Å². The highest BCUT2D eigenvalue weighted by Crippen LogP contribution is 2.17. The molecule has 3 aromatic rings. The number of benzene rings is 3. The predicted octanol–water partition coefficient (Wildman–Crippen LogP) is 5.90. The highest BCUT2D eigenvalue weighted by molar-refractivity contribution is 6.18. The van der Waals surface area contributed by atoms with Crippen molar-refractivity contribution in [1.29, 1.82) is 0 Å². The van der Waals surface area contributed by atoms with Gasteiger partial charge in [-0.15, -0.1) is 11.6 Å². The van der Waals surface area contributed by atoms with Crippen molar-refractivity contribution in [2.24, 2.45) is 0 Å². The van der Waals surface area contributed by atoms with Gasteiger partial charge in [-0.3, -0.25) is 4.90 Å². The van der Waals surface area contributed by atoms with Gasteiger partial charge in [0.2, 0.25) is 0 Å². The first-order valence-electron chi connectivity index (χ1n) is 9.84. The van der Waals surface area contributed by atoms with E-state index < -0.39 is 0 Å². The maximum atomic E-state index is 6.39. The Hall–Kier alpha value is -2.13. The molecular weight excluding hydrogens is 366 g/mol. The minimum Gasteiger partial charge on any atom is -0.377 e. The highest BCUT2D eigenvalue weighted by atomic mass is 35.5. The molecule has 3 aromatic carbocycles. The Morgan fingerprint density at radius 1 is 0.679 bits per heavy atom. The van der Waals surface area contributed by atoms with Crippen LogP contribution < -0.4 is 0 Å². The quantitative estimate of drug-likeness (QED) is 0.297. The molecule has 0 heterocycles. The van der Waals surface area contributed by atoms with Gasteiger partial charge >= 0.3 is 0 Å². The Labute approximate surface area is 173 Å². The summed E-state index contributed by atoms with van der Waals surface area (Å²) in [6.45, 7) is 3.11. The first-order chi connectivity index (χ1) is 13.8. The van der Waals surface area contributed by atoms with E-state index in [0.717, 1.165) is 19.5 Å². The van der Waals surface area contributed by atoms with Gasteiger partial charge in [0.25, 0.3) is 0 Å². The Balaban J connectivity index is 1.60. The second-order valence-electron chi connectivity index (χ2n) is 7.01. The molecule has 1 atom stereocenters. The predicted molar refractivity (Wildman–Crippen MR) is 117 cm³/mol. The van der Waals surface area contributed by atoms with Crippen molar-refractivity contribution in [2.75, 3.05) is 12.5 Å². The minimum absolute atomic E-state index is 0.262. The molecule has 0 spiro atoms. The molecule has 3 heteroatoms. The van der Waals surface area contributed by atoms with E-state index >= 15 is 0 Å². The number of ether oxygens (including phenoxy) is 1. The van der Waals surface area contributed by atoms with Gasteiger partial charge in [0, 0.05) is 31.6 Å². The Morgan fingerprint density at radius 2 is 1.14 bits per heavy atom. The summed E-state index contributed by atoms with van der Waals surface area (Å²) in [5, 5.41) is 0. The van der Waals surface area contributed by atoms with E-state index in [1.54, 1.807) is 0 Å². The van der Waals surface area contributed by atoms with Crippen LogP contribution in [-0.4, -0.2) is 23.4 Å². The molecule has 28 heavy (non-hydrogen) atoms. The molecule has 2 nitrogen and oxygen atoms in total. The molecule has 0 amide bonds. The molecule has 0 bridgehead atoms. The van der Waals surface area contributed by atoms with Gasteiger partial charge in [-0.05, 0) is 23.1 Å². The van der Waals surface area contributed by atoms with Crippen LogP contribution in [0.4, 0.5) is 0 Å². The smallest absolute Gasteiger partial charge is 0.0716 e. The molecule has 3 rings (SSSR count). The number of halogens is 1. The molecule has 0 aromatic heterocycles. The van der Waals surface area contributed by atoms with Crippen LogP contribution in [-0.2, 0) is 24.4 Å². The number of rotatable bonds is 11.